The van der Waals surface area contributed by atoms with Crippen LogP contribution in [-0.4, -0.2) is 36.7 Å². The van der Waals surface area contributed by atoms with E-state index in [1.807, 2.05) is 4.72 Å². The molecule has 0 radical (unpaired) electrons. The van der Waals surface area contributed by atoms with Gasteiger partial charge in [-0.1, -0.05) is 18.2 Å². The van der Waals surface area contributed by atoms with Crippen molar-refractivity contribution in [3.8, 4) is 5.75 Å². The standard InChI is InChI=1S/C10H12N2O5S/c13-10(17-8-4-2-1-3-5-8)12-7-6-9(12)11-18(14,15)16/h1-5,9,11H,6-7H2,(H,14,15,16). The van der Waals surface area contributed by atoms with Gasteiger partial charge in [0.25, 0.3) is 0 Å². The largest absolute Gasteiger partial charge is 0.416 e. The molecule has 1 aliphatic heterocycles. The number of nitrogens with zero attached hydrogens (tertiary/aromatic N) is 1. The summed E-state index contributed by atoms with van der Waals surface area (Å²) in [5, 5.41) is 0. The normalized spacial score (nSPS) is 19.2. The van der Waals surface area contributed by atoms with Gasteiger partial charge in [0.05, 0.1) is 0 Å². The lowest BCUT2D eigenvalue weighted by Crippen LogP contribution is -2.60. The zero-order valence-corrected chi connectivity index (χ0v) is 10.1. The van der Waals surface area contributed by atoms with E-state index in [2.05, 4.69) is 0 Å². The first-order valence-electron chi connectivity index (χ1n) is 5.24. The van der Waals surface area contributed by atoms with Crippen LogP contribution in [0.25, 0.3) is 0 Å². The first-order valence-corrected chi connectivity index (χ1v) is 6.68. The highest BCUT2D eigenvalue weighted by Gasteiger charge is 2.35. The third-order valence-corrected chi connectivity index (χ3v) is 3.06. The number of likely N-dealkylation sites (tertiary alicyclic amines) is 1. The van der Waals surface area contributed by atoms with Crippen molar-refractivity contribution in [2.24, 2.45) is 0 Å². The van der Waals surface area contributed by atoms with Gasteiger partial charge in [0.2, 0.25) is 0 Å². The lowest BCUT2D eigenvalue weighted by atomic mass is 10.2. The second-order valence-electron chi connectivity index (χ2n) is 3.77. The molecule has 8 heteroatoms. The molecule has 1 amide bonds. The molecule has 0 bridgehead atoms. The molecule has 1 aliphatic rings. The molecule has 18 heavy (non-hydrogen) atoms. The average molecular weight is 272 g/mol. The molecule has 2 rings (SSSR count). The van der Waals surface area contributed by atoms with Crippen LogP contribution in [0.1, 0.15) is 6.42 Å². The predicted molar refractivity (Wildman–Crippen MR) is 62.3 cm³/mol. The molecule has 1 fully saturated rings. The van der Waals surface area contributed by atoms with Crippen LogP contribution in [0, 0.1) is 0 Å². The first-order chi connectivity index (χ1) is 8.46. The van der Waals surface area contributed by atoms with Crippen molar-refractivity contribution < 1.29 is 22.5 Å². The van der Waals surface area contributed by atoms with Crippen LogP contribution in [0.2, 0.25) is 0 Å². The zero-order valence-electron chi connectivity index (χ0n) is 9.31. The molecule has 1 aromatic rings. The predicted octanol–water partition coefficient (Wildman–Crippen LogP) is 0.610. The summed E-state index contributed by atoms with van der Waals surface area (Å²) in [4.78, 5) is 12.9. The maximum absolute atomic E-state index is 11.7. The molecule has 98 valence electrons. The van der Waals surface area contributed by atoms with E-state index in [9.17, 15) is 13.2 Å². The smallest absolute Gasteiger partial charge is 0.410 e. The maximum Gasteiger partial charge on any atom is 0.416 e. The van der Waals surface area contributed by atoms with Gasteiger partial charge < -0.3 is 4.74 Å². The molecule has 1 atom stereocenters. The van der Waals surface area contributed by atoms with Crippen LogP contribution >= 0.6 is 0 Å². The van der Waals surface area contributed by atoms with E-state index in [1.165, 1.54) is 4.90 Å². The molecule has 0 aromatic heterocycles. The van der Waals surface area contributed by atoms with E-state index in [1.54, 1.807) is 30.3 Å². The number of hydrogen-bond donors (Lipinski definition) is 2. The second kappa shape index (κ2) is 4.92. The quantitative estimate of drug-likeness (QED) is 0.786. The Kier molecular flexibility index (Phi) is 3.50. The van der Waals surface area contributed by atoms with Crippen molar-refractivity contribution in [2.75, 3.05) is 6.54 Å². The fourth-order valence-corrected chi connectivity index (χ4v) is 2.14. The summed E-state index contributed by atoms with van der Waals surface area (Å²) in [5.74, 6) is 0.375. The zero-order chi connectivity index (χ0) is 13.2. The maximum atomic E-state index is 11.7. The Balaban J connectivity index is 1.94. The van der Waals surface area contributed by atoms with Gasteiger partial charge in [-0.05, 0) is 12.1 Å². The Bertz CT molecular complexity index is 530. The monoisotopic (exact) mass is 272 g/mol. The summed E-state index contributed by atoms with van der Waals surface area (Å²) in [6, 6.07) is 8.44. The van der Waals surface area contributed by atoms with Gasteiger partial charge >= 0.3 is 16.4 Å². The Morgan fingerprint density at radius 2 is 2.06 bits per heavy atom. The SMILES string of the molecule is O=C(Oc1ccccc1)N1CCC1NS(=O)(=O)O. The van der Waals surface area contributed by atoms with E-state index < -0.39 is 22.6 Å². The molecular formula is C10H12N2O5S. The molecule has 0 spiro atoms. The molecule has 7 nitrogen and oxygen atoms in total. The number of benzene rings is 1. The van der Waals surface area contributed by atoms with Crippen molar-refractivity contribution in [1.29, 1.82) is 0 Å². The highest BCUT2D eigenvalue weighted by Crippen LogP contribution is 2.18. The summed E-state index contributed by atoms with van der Waals surface area (Å²) in [6.45, 7) is 0.374. The van der Waals surface area contributed by atoms with Crippen LogP contribution in [0.5, 0.6) is 5.75 Å². The summed E-state index contributed by atoms with van der Waals surface area (Å²) < 4.78 is 36.8. The fourth-order valence-electron chi connectivity index (χ4n) is 1.55. The molecule has 1 unspecified atom stereocenters. The third kappa shape index (κ3) is 3.19. The van der Waals surface area contributed by atoms with Gasteiger partial charge in [-0.2, -0.15) is 13.1 Å². The van der Waals surface area contributed by atoms with Gasteiger partial charge in [-0.15, -0.1) is 0 Å². The summed E-state index contributed by atoms with van der Waals surface area (Å²) in [6.07, 6.45) is -0.978. The minimum absolute atomic E-state index is 0.374. The number of hydrogen-bond acceptors (Lipinski definition) is 4. The number of nitrogens with one attached hydrogen (secondary N) is 1. The second-order valence-corrected chi connectivity index (χ2v) is 4.96. The number of rotatable bonds is 3. The van der Waals surface area contributed by atoms with E-state index in [4.69, 9.17) is 9.29 Å². The van der Waals surface area contributed by atoms with Crippen LogP contribution in [0.3, 0.4) is 0 Å². The number of carbonyl (C=O) groups is 1. The van der Waals surface area contributed by atoms with Crippen molar-refractivity contribution >= 4 is 16.4 Å². The lowest BCUT2D eigenvalue weighted by molar-refractivity contribution is 0.0751. The molecule has 2 N–H and O–H groups in total. The van der Waals surface area contributed by atoms with Crippen molar-refractivity contribution in [3.05, 3.63) is 30.3 Å². The number of para-hydroxylation sites is 1. The van der Waals surface area contributed by atoms with Crippen molar-refractivity contribution in [3.63, 3.8) is 0 Å². The molecular weight excluding hydrogens is 260 g/mol. The Labute approximate surface area is 104 Å². The fraction of sp³-hybridized carbons (Fsp3) is 0.300. The minimum Gasteiger partial charge on any atom is -0.410 e. The van der Waals surface area contributed by atoms with E-state index in [0.29, 0.717) is 18.7 Å². The lowest BCUT2D eigenvalue weighted by Gasteiger charge is -2.39. The van der Waals surface area contributed by atoms with Crippen LogP contribution in [0.15, 0.2) is 30.3 Å². The third-order valence-electron chi connectivity index (χ3n) is 2.49. The van der Waals surface area contributed by atoms with E-state index in [-0.39, 0.29) is 0 Å². The highest BCUT2D eigenvalue weighted by atomic mass is 32.2. The topological polar surface area (TPSA) is 95.9 Å². The van der Waals surface area contributed by atoms with Crippen LogP contribution < -0.4 is 9.46 Å². The molecule has 1 heterocycles. The molecule has 1 aromatic carbocycles. The van der Waals surface area contributed by atoms with E-state index in [0.717, 1.165) is 0 Å². The van der Waals surface area contributed by atoms with Crippen molar-refractivity contribution in [1.82, 2.24) is 9.62 Å². The number of amides is 1. The van der Waals surface area contributed by atoms with Crippen LogP contribution in [0.4, 0.5) is 4.79 Å². The summed E-state index contributed by atoms with van der Waals surface area (Å²) in [7, 11) is -4.32. The van der Waals surface area contributed by atoms with Gasteiger partial charge in [0.1, 0.15) is 11.9 Å². The minimum atomic E-state index is -4.32. The Hall–Kier alpha value is -1.64. The van der Waals surface area contributed by atoms with Crippen molar-refractivity contribution in [2.45, 2.75) is 12.6 Å². The average Bonchev–Trinajstić information content (AvgIpc) is 2.25. The number of carbonyl (C=O) groups excluding carboxylic acids is 1. The van der Waals surface area contributed by atoms with E-state index >= 15 is 0 Å². The Morgan fingerprint density at radius 3 is 2.56 bits per heavy atom. The number of ether oxygens (including phenoxy) is 1. The molecule has 1 saturated heterocycles. The van der Waals surface area contributed by atoms with Gasteiger partial charge in [-0.3, -0.25) is 9.45 Å². The van der Waals surface area contributed by atoms with Gasteiger partial charge in [0, 0.05) is 13.0 Å². The van der Waals surface area contributed by atoms with Gasteiger partial charge in [-0.25, -0.2) is 4.79 Å². The Morgan fingerprint density at radius 1 is 1.39 bits per heavy atom. The highest BCUT2D eigenvalue weighted by molar-refractivity contribution is 7.83. The summed E-state index contributed by atoms with van der Waals surface area (Å²) in [5.41, 5.74) is 0. The molecule has 0 saturated carbocycles. The van der Waals surface area contributed by atoms with Gasteiger partial charge in [0.15, 0.2) is 0 Å². The van der Waals surface area contributed by atoms with Crippen LogP contribution in [-0.2, 0) is 10.3 Å². The molecule has 0 aliphatic carbocycles. The first kappa shape index (κ1) is 12.8. The summed E-state index contributed by atoms with van der Waals surface area (Å²) >= 11 is 0.